The van der Waals surface area contributed by atoms with Gasteiger partial charge in [0.2, 0.25) is 0 Å². The highest BCUT2D eigenvalue weighted by Crippen LogP contribution is 2.29. The van der Waals surface area contributed by atoms with Crippen molar-refractivity contribution in [3.8, 4) is 0 Å². The molecule has 2 amide bonds. The fraction of sp³-hybridized carbons (Fsp3) is 0.591. The van der Waals surface area contributed by atoms with Gasteiger partial charge in [0, 0.05) is 11.6 Å². The van der Waals surface area contributed by atoms with Crippen LogP contribution in [-0.4, -0.2) is 42.8 Å². The van der Waals surface area contributed by atoms with E-state index in [0.717, 1.165) is 17.9 Å². The van der Waals surface area contributed by atoms with Crippen molar-refractivity contribution < 1.29 is 24.2 Å². The molecule has 0 radical (unpaired) electrons. The smallest absolute Gasteiger partial charge is 0.341 e. The highest BCUT2D eigenvalue weighted by molar-refractivity contribution is 5.99. The number of urea groups is 1. The van der Waals surface area contributed by atoms with Gasteiger partial charge in [-0.2, -0.15) is 0 Å². The molecular weight excluding hydrogens is 372 g/mol. The fourth-order valence-corrected chi connectivity index (χ4v) is 4.19. The number of nitrogens with one attached hydrogen (secondary N) is 1. The van der Waals surface area contributed by atoms with Crippen molar-refractivity contribution in [2.75, 3.05) is 20.0 Å². The normalized spacial score (nSPS) is 22.8. The number of hydrogen-bond donors (Lipinski definition) is 2. The summed E-state index contributed by atoms with van der Waals surface area (Å²) in [7, 11) is 0. The summed E-state index contributed by atoms with van der Waals surface area (Å²) in [6.07, 6.45) is 6.96. The molecule has 7 nitrogen and oxygen atoms in total. The molecule has 7 heteroatoms. The van der Waals surface area contributed by atoms with Gasteiger partial charge in [-0.3, -0.25) is 0 Å². The number of ether oxygens (including phenoxy) is 2. The van der Waals surface area contributed by atoms with E-state index in [1.54, 1.807) is 12.1 Å². The number of carboxylic acids is 1. The SMILES string of the molecule is CCC1=NC(=O)NC(c2cccc(C(=O)O)c2)C1COCOCC1CCCCC1. The van der Waals surface area contributed by atoms with Gasteiger partial charge < -0.3 is 19.9 Å². The monoisotopic (exact) mass is 402 g/mol. The van der Waals surface area contributed by atoms with E-state index in [4.69, 9.17) is 9.47 Å². The number of nitrogens with zero attached hydrogens (tertiary/aromatic N) is 1. The topological polar surface area (TPSA) is 97.2 Å². The summed E-state index contributed by atoms with van der Waals surface area (Å²) < 4.78 is 11.5. The molecule has 1 aliphatic carbocycles. The molecule has 158 valence electrons. The second kappa shape index (κ2) is 10.5. The van der Waals surface area contributed by atoms with Gasteiger partial charge in [0.05, 0.1) is 24.8 Å². The first-order valence-electron chi connectivity index (χ1n) is 10.4. The predicted octanol–water partition coefficient (Wildman–Crippen LogP) is 4.19. The number of carbonyl (C=O) groups excluding carboxylic acids is 1. The molecular formula is C22H30N2O5. The molecule has 2 N–H and O–H groups in total. The zero-order chi connectivity index (χ0) is 20.6. The Labute approximate surface area is 171 Å². The van der Waals surface area contributed by atoms with E-state index < -0.39 is 12.0 Å². The van der Waals surface area contributed by atoms with Gasteiger partial charge in [-0.05, 0) is 42.9 Å². The second-order valence-electron chi connectivity index (χ2n) is 7.78. The summed E-state index contributed by atoms with van der Waals surface area (Å²) in [6.45, 7) is 3.23. The Morgan fingerprint density at radius 1 is 1.21 bits per heavy atom. The molecule has 1 heterocycles. The van der Waals surface area contributed by atoms with Crippen LogP contribution < -0.4 is 5.32 Å². The minimum absolute atomic E-state index is 0.167. The van der Waals surface area contributed by atoms with E-state index in [1.165, 1.54) is 38.2 Å². The Kier molecular flexibility index (Phi) is 7.77. The average Bonchev–Trinajstić information content (AvgIpc) is 2.74. The van der Waals surface area contributed by atoms with Crippen LogP contribution in [0.15, 0.2) is 29.3 Å². The van der Waals surface area contributed by atoms with Crippen LogP contribution in [0.25, 0.3) is 0 Å². The number of amides is 2. The maximum absolute atomic E-state index is 12.1. The fourth-order valence-electron chi connectivity index (χ4n) is 4.19. The van der Waals surface area contributed by atoms with Crippen molar-refractivity contribution in [2.24, 2.45) is 16.8 Å². The van der Waals surface area contributed by atoms with E-state index >= 15 is 0 Å². The van der Waals surface area contributed by atoms with Crippen molar-refractivity contribution in [1.82, 2.24) is 5.32 Å². The van der Waals surface area contributed by atoms with E-state index in [2.05, 4.69) is 10.3 Å². The van der Waals surface area contributed by atoms with E-state index in [-0.39, 0.29) is 24.3 Å². The lowest BCUT2D eigenvalue weighted by Gasteiger charge is -2.32. The van der Waals surface area contributed by atoms with Gasteiger partial charge in [-0.1, -0.05) is 38.3 Å². The second-order valence-corrected chi connectivity index (χ2v) is 7.78. The molecule has 2 aliphatic rings. The standard InChI is InChI=1S/C22H30N2O5/c1-2-19-18(13-29-14-28-12-15-7-4-3-5-8-15)20(24-22(27)23-19)16-9-6-10-17(11-16)21(25)26/h6,9-11,15,18,20H,2-5,7-8,12-14H2,1H3,(H,24,27)(H,25,26). The number of carboxylic acid groups (broad SMARTS) is 1. The Bertz CT molecular complexity index is 742. The highest BCUT2D eigenvalue weighted by atomic mass is 16.7. The predicted molar refractivity (Wildman–Crippen MR) is 109 cm³/mol. The first-order chi connectivity index (χ1) is 14.1. The summed E-state index contributed by atoms with van der Waals surface area (Å²) in [6, 6.07) is 5.86. The van der Waals surface area contributed by atoms with Crippen molar-refractivity contribution in [2.45, 2.75) is 51.5 Å². The summed E-state index contributed by atoms with van der Waals surface area (Å²) in [4.78, 5) is 27.5. The third-order valence-electron chi connectivity index (χ3n) is 5.75. The van der Waals surface area contributed by atoms with Gasteiger partial charge >= 0.3 is 12.0 Å². The quantitative estimate of drug-likeness (QED) is 0.477. The Morgan fingerprint density at radius 2 is 1.97 bits per heavy atom. The summed E-state index contributed by atoms with van der Waals surface area (Å²) in [5.41, 5.74) is 1.68. The first kappa shape index (κ1) is 21.5. The molecule has 2 atom stereocenters. The van der Waals surface area contributed by atoms with Crippen LogP contribution >= 0.6 is 0 Å². The van der Waals surface area contributed by atoms with Gasteiger partial charge in [0.1, 0.15) is 6.79 Å². The van der Waals surface area contributed by atoms with E-state index in [9.17, 15) is 14.7 Å². The minimum atomic E-state index is -0.998. The molecule has 1 aromatic rings. The van der Waals surface area contributed by atoms with Gasteiger partial charge in [0.15, 0.2) is 0 Å². The van der Waals surface area contributed by atoms with Crippen LogP contribution in [0.4, 0.5) is 4.79 Å². The zero-order valence-electron chi connectivity index (χ0n) is 16.9. The molecule has 0 saturated heterocycles. The van der Waals surface area contributed by atoms with Gasteiger partial charge in [0.25, 0.3) is 0 Å². The molecule has 1 aliphatic heterocycles. The summed E-state index contributed by atoms with van der Waals surface area (Å²) >= 11 is 0. The van der Waals surface area contributed by atoms with Crippen molar-refractivity contribution in [1.29, 1.82) is 0 Å². The average molecular weight is 402 g/mol. The number of benzene rings is 1. The van der Waals surface area contributed by atoms with Gasteiger partial charge in [-0.25, -0.2) is 14.6 Å². The number of aromatic carboxylic acids is 1. The minimum Gasteiger partial charge on any atom is -0.478 e. The lowest BCUT2D eigenvalue weighted by molar-refractivity contribution is -0.0742. The van der Waals surface area contributed by atoms with Crippen molar-refractivity contribution in [3.63, 3.8) is 0 Å². The summed E-state index contributed by atoms with van der Waals surface area (Å²) in [5.74, 6) is -0.539. The van der Waals surface area contributed by atoms with Crippen LogP contribution in [0.2, 0.25) is 0 Å². The Balaban J connectivity index is 1.62. The Morgan fingerprint density at radius 3 is 2.69 bits per heavy atom. The van der Waals surface area contributed by atoms with E-state index in [0.29, 0.717) is 18.9 Å². The lowest BCUT2D eigenvalue weighted by atomic mass is 9.86. The third-order valence-corrected chi connectivity index (χ3v) is 5.75. The molecule has 1 fully saturated rings. The first-order valence-corrected chi connectivity index (χ1v) is 10.4. The number of aliphatic imine (C=N–C) groups is 1. The zero-order valence-corrected chi connectivity index (χ0v) is 16.9. The van der Waals surface area contributed by atoms with Crippen LogP contribution in [0, 0.1) is 11.8 Å². The molecule has 29 heavy (non-hydrogen) atoms. The molecule has 0 aromatic heterocycles. The molecule has 0 bridgehead atoms. The largest absolute Gasteiger partial charge is 0.478 e. The van der Waals surface area contributed by atoms with Crippen LogP contribution in [0.3, 0.4) is 0 Å². The van der Waals surface area contributed by atoms with Crippen LogP contribution in [0.5, 0.6) is 0 Å². The Hall–Kier alpha value is -2.25. The number of carbonyl (C=O) groups is 2. The maximum Gasteiger partial charge on any atom is 0.341 e. The van der Waals surface area contributed by atoms with Crippen molar-refractivity contribution >= 4 is 17.7 Å². The molecule has 1 aromatic carbocycles. The molecule has 3 rings (SSSR count). The third kappa shape index (κ3) is 5.87. The van der Waals surface area contributed by atoms with Crippen LogP contribution in [-0.2, 0) is 9.47 Å². The molecule has 1 saturated carbocycles. The number of rotatable bonds is 9. The maximum atomic E-state index is 12.1. The molecule has 2 unspecified atom stereocenters. The number of hydrogen-bond acceptors (Lipinski definition) is 4. The summed E-state index contributed by atoms with van der Waals surface area (Å²) in [5, 5.41) is 12.1. The lowest BCUT2D eigenvalue weighted by Crippen LogP contribution is -2.43. The molecule has 0 spiro atoms. The van der Waals surface area contributed by atoms with E-state index in [1.807, 2.05) is 13.0 Å². The van der Waals surface area contributed by atoms with Crippen molar-refractivity contribution in [3.05, 3.63) is 35.4 Å². The van der Waals surface area contributed by atoms with Gasteiger partial charge in [-0.15, -0.1) is 0 Å². The highest BCUT2D eigenvalue weighted by Gasteiger charge is 2.33. The van der Waals surface area contributed by atoms with Crippen LogP contribution in [0.1, 0.15) is 67.4 Å².